The van der Waals surface area contributed by atoms with Gasteiger partial charge in [-0.1, -0.05) is 52.7 Å². The quantitative estimate of drug-likeness (QED) is 0.270. The molecule has 360 valence electrons. The second-order valence-electron chi connectivity index (χ2n) is 24.4. The monoisotopic (exact) mass is 914 g/mol. The molecule has 18 atom stereocenters. The van der Waals surface area contributed by atoms with E-state index in [1.54, 1.807) is 0 Å². The molecule has 2 unspecified atom stereocenters. The van der Waals surface area contributed by atoms with Gasteiger partial charge in [-0.15, -0.1) is 4.68 Å². The second kappa shape index (κ2) is 14.1. The van der Waals surface area contributed by atoms with Crippen LogP contribution in [0.3, 0.4) is 0 Å². The molecule has 14 rings (SSSR count). The number of aliphatic hydroxyl groups is 2. The Hall–Kier alpha value is -2.50. The van der Waals surface area contributed by atoms with Crippen molar-refractivity contribution in [2.24, 2.45) is 83.1 Å². The highest BCUT2D eigenvalue weighted by molar-refractivity contribution is 5.61. The third-order valence-corrected chi connectivity index (χ3v) is 21.8. The standard InChI is InChI=1S/2C26H36N2O5/c1-15-7-17-18-5-6-25(26(33-14-31-25)12-30-13-32-26)24(18,3)10-21(29)22(17)23(2)9-16-11-28(4)27-20(16)8-19(15)23;1-15-7-17-18-5-6-25(26(33-14-31-25)12-30-13-32-26)24(18,3)10-21(29)22(17)23(2)9-16-11-27-28(4)20(16)8-19(15)23/h2*8,11,15,17-18,21-22,29H,5-7,9-10,12-14H2,1-4H3/p+1/t2*15-,17-,18-,21-,22+,23-,24-,25+,26?/m00/s1. The molecule has 66 heavy (non-hydrogen) atoms. The predicted molar refractivity (Wildman–Crippen MR) is 238 cm³/mol. The molecule has 2 aromatic rings. The highest BCUT2D eigenvalue weighted by Gasteiger charge is 2.79. The normalized spacial score (nSPS) is 52.5. The first kappa shape index (κ1) is 43.5. The molecule has 8 aliphatic carbocycles. The highest BCUT2D eigenvalue weighted by Crippen LogP contribution is 2.74. The molecule has 3 N–H and O–H groups in total. The van der Waals surface area contributed by atoms with Gasteiger partial charge in [0.25, 0.3) is 0 Å². The number of aryl methyl sites for hydroxylation is 2. The molecule has 0 radical (unpaired) electrons. The summed E-state index contributed by atoms with van der Waals surface area (Å²) in [4.78, 5) is 0. The summed E-state index contributed by atoms with van der Waals surface area (Å²) < 4.78 is 52.9. The average molecular weight is 914 g/mol. The number of rotatable bonds is 0. The van der Waals surface area contributed by atoms with Gasteiger partial charge >= 0.3 is 0 Å². The van der Waals surface area contributed by atoms with Crippen LogP contribution in [0.4, 0.5) is 0 Å². The van der Waals surface area contributed by atoms with Crippen LogP contribution in [0.25, 0.3) is 12.2 Å². The van der Waals surface area contributed by atoms with E-state index in [0.29, 0.717) is 55.1 Å². The SMILES string of the molecule is C[C@H]1C[C@@H]2[C@H]([C@@H](O)C[C@@]3(C)[C@H]2CC[C@@]32OCOC23COCO3)[C@@]2(C)Cc3c[n+](C)[nH]c3C=C12.C[C@H]1C[C@@H]2[C@H]([C@@H](O)C[C@@]3(C)[C@H]2CC[C@@]32OCOC23COCO3)[C@@]2(C)Cc3cnn(C)c3C=C12. The fourth-order valence-corrected chi connectivity index (χ4v) is 19.5. The predicted octanol–water partition coefficient (Wildman–Crippen LogP) is 5.94. The minimum absolute atomic E-state index is 0.0291. The molecule has 4 saturated heterocycles. The first-order chi connectivity index (χ1) is 31.5. The minimum Gasteiger partial charge on any atom is -0.393 e. The molecule has 14 nitrogen and oxygen atoms in total. The first-order valence-electron chi connectivity index (χ1n) is 25.4. The molecule has 0 bridgehead atoms. The van der Waals surface area contributed by atoms with E-state index in [4.69, 9.17) is 37.9 Å². The van der Waals surface area contributed by atoms with Crippen LogP contribution in [0.5, 0.6) is 0 Å². The lowest BCUT2D eigenvalue weighted by Gasteiger charge is -2.62. The van der Waals surface area contributed by atoms with Crippen molar-refractivity contribution in [2.75, 3.05) is 40.4 Å². The molecular weight excluding hydrogens is 841 g/mol. The Kier molecular flexibility index (Phi) is 9.29. The van der Waals surface area contributed by atoms with E-state index < -0.39 is 28.9 Å². The molecule has 4 aliphatic heterocycles. The van der Waals surface area contributed by atoms with E-state index >= 15 is 0 Å². The van der Waals surface area contributed by atoms with Crippen LogP contribution in [-0.2, 0) is 64.8 Å². The largest absolute Gasteiger partial charge is 0.393 e. The Balaban J connectivity index is 0.000000132. The Morgan fingerprint density at radius 3 is 1.71 bits per heavy atom. The number of hydrogen-bond donors (Lipinski definition) is 3. The fraction of sp³-hybridized carbons (Fsp3) is 0.808. The van der Waals surface area contributed by atoms with E-state index in [1.165, 1.54) is 33.7 Å². The maximum atomic E-state index is 11.9. The smallest absolute Gasteiger partial charge is 0.226 e. The zero-order valence-corrected chi connectivity index (χ0v) is 40.4. The van der Waals surface area contributed by atoms with Gasteiger partial charge in [0.15, 0.2) is 40.4 Å². The zero-order valence-electron chi connectivity index (χ0n) is 40.4. The Morgan fingerprint density at radius 2 is 1.20 bits per heavy atom. The lowest BCUT2D eigenvalue weighted by molar-refractivity contribution is -0.727. The van der Waals surface area contributed by atoms with E-state index in [2.05, 4.69) is 81.8 Å². The average Bonchev–Trinajstić information content (AvgIpc) is 4.14. The maximum Gasteiger partial charge on any atom is 0.226 e. The summed E-state index contributed by atoms with van der Waals surface area (Å²) in [6, 6.07) is 0. The van der Waals surface area contributed by atoms with Gasteiger partial charge in [0.1, 0.15) is 30.1 Å². The maximum absolute atomic E-state index is 11.9. The number of aliphatic hydroxyl groups excluding tert-OH is 2. The van der Waals surface area contributed by atoms with Crippen molar-refractivity contribution in [1.82, 2.24) is 14.9 Å². The van der Waals surface area contributed by atoms with Crippen LogP contribution in [0, 0.1) is 69.0 Å². The summed E-state index contributed by atoms with van der Waals surface area (Å²) in [6.07, 6.45) is 17.8. The number of ether oxygens (including phenoxy) is 8. The number of hydrogen-bond acceptors (Lipinski definition) is 11. The van der Waals surface area contributed by atoms with Crippen molar-refractivity contribution in [1.29, 1.82) is 0 Å². The number of nitrogens with one attached hydrogen (secondary N) is 1. The van der Waals surface area contributed by atoms with Crippen molar-refractivity contribution in [3.8, 4) is 0 Å². The molecule has 6 heterocycles. The summed E-state index contributed by atoms with van der Waals surface area (Å²) in [5, 5.41) is 31.9. The van der Waals surface area contributed by atoms with E-state index in [1.807, 2.05) is 17.9 Å². The lowest BCUT2D eigenvalue weighted by atomic mass is 9.43. The molecule has 4 spiro atoms. The van der Waals surface area contributed by atoms with Gasteiger partial charge in [-0.2, -0.15) is 10.2 Å². The van der Waals surface area contributed by atoms with Crippen molar-refractivity contribution < 1.29 is 52.8 Å². The summed E-state index contributed by atoms with van der Waals surface area (Å²) in [7, 11) is 4.09. The van der Waals surface area contributed by atoms with E-state index in [9.17, 15) is 10.2 Å². The van der Waals surface area contributed by atoms with E-state index in [0.717, 1.165) is 57.8 Å². The molecule has 10 fully saturated rings. The fourth-order valence-electron chi connectivity index (χ4n) is 19.5. The van der Waals surface area contributed by atoms with E-state index in [-0.39, 0.29) is 66.8 Å². The van der Waals surface area contributed by atoms with Gasteiger partial charge in [0.05, 0.1) is 24.1 Å². The third-order valence-electron chi connectivity index (χ3n) is 21.8. The molecule has 6 saturated carbocycles. The number of allylic oxidation sites excluding steroid dienone is 2. The number of aromatic amines is 1. The summed E-state index contributed by atoms with van der Waals surface area (Å²) in [6.45, 7) is 16.1. The molecule has 0 aromatic carbocycles. The molecule has 2 aromatic heterocycles. The Morgan fingerprint density at radius 1 is 0.697 bits per heavy atom. The topological polar surface area (TPSA) is 152 Å². The van der Waals surface area contributed by atoms with Crippen LogP contribution in [0.1, 0.15) is 115 Å². The number of H-pyrrole nitrogens is 1. The molecule has 12 aliphatic rings. The number of fused-ring (bicyclic) bond motifs is 16. The first-order valence-corrected chi connectivity index (χ1v) is 25.4. The molecule has 14 heteroatoms. The third kappa shape index (κ3) is 5.18. The van der Waals surface area contributed by atoms with Crippen LogP contribution >= 0.6 is 0 Å². The van der Waals surface area contributed by atoms with Crippen LogP contribution in [0.15, 0.2) is 23.5 Å². The van der Waals surface area contributed by atoms with Crippen LogP contribution in [-0.4, -0.2) is 100 Å². The van der Waals surface area contributed by atoms with Crippen molar-refractivity contribution in [2.45, 2.75) is 141 Å². The Labute approximate surface area is 389 Å². The van der Waals surface area contributed by atoms with Crippen LogP contribution in [0.2, 0.25) is 0 Å². The van der Waals surface area contributed by atoms with Gasteiger partial charge in [-0.05, 0) is 140 Å². The lowest BCUT2D eigenvalue weighted by Crippen LogP contribution is -2.66. The highest BCUT2D eigenvalue weighted by atomic mass is 16.9. The summed E-state index contributed by atoms with van der Waals surface area (Å²) in [5.41, 5.74) is 6.54. The minimum atomic E-state index is -0.840. The zero-order chi connectivity index (χ0) is 45.6. The van der Waals surface area contributed by atoms with Gasteiger partial charge in [-0.3, -0.25) is 4.68 Å². The Bertz CT molecular complexity index is 2370. The van der Waals surface area contributed by atoms with Gasteiger partial charge < -0.3 is 48.1 Å². The van der Waals surface area contributed by atoms with Crippen molar-refractivity contribution >= 4 is 12.2 Å². The van der Waals surface area contributed by atoms with Gasteiger partial charge in [0.2, 0.25) is 11.6 Å². The second-order valence-corrected chi connectivity index (χ2v) is 24.4. The van der Waals surface area contributed by atoms with Crippen molar-refractivity contribution in [3.63, 3.8) is 0 Å². The number of aromatic nitrogens is 4. The summed E-state index contributed by atoms with van der Waals surface area (Å²) >= 11 is 0. The van der Waals surface area contributed by atoms with Crippen molar-refractivity contribution in [3.05, 3.63) is 46.1 Å². The van der Waals surface area contributed by atoms with Gasteiger partial charge in [0, 0.05) is 23.4 Å². The summed E-state index contributed by atoms with van der Waals surface area (Å²) in [5.74, 6) is 1.61. The molecular formula is C52H73N4O10+. The van der Waals surface area contributed by atoms with Crippen LogP contribution < -0.4 is 4.68 Å². The number of nitrogens with zero attached hydrogens (tertiary/aromatic N) is 3. The van der Waals surface area contributed by atoms with Gasteiger partial charge in [-0.25, -0.2) is 0 Å². The molecule has 0 amide bonds.